The van der Waals surface area contributed by atoms with E-state index in [0.29, 0.717) is 30.2 Å². The molecule has 3 atom stereocenters. The van der Waals surface area contributed by atoms with Crippen molar-refractivity contribution in [1.29, 1.82) is 0 Å². The quantitative estimate of drug-likeness (QED) is 0.632. The first-order chi connectivity index (χ1) is 15.4. The van der Waals surface area contributed by atoms with Gasteiger partial charge in [-0.25, -0.2) is 4.79 Å². The molecule has 0 saturated carbocycles. The summed E-state index contributed by atoms with van der Waals surface area (Å²) in [6.45, 7) is 2.28. The molecule has 0 radical (unpaired) electrons. The Balaban J connectivity index is 1.83. The van der Waals surface area contributed by atoms with Crippen LogP contribution in [0.4, 0.5) is 4.79 Å². The number of nitrogens with zero attached hydrogens (tertiary/aromatic N) is 1. The maximum atomic E-state index is 13.0. The third-order valence-corrected chi connectivity index (χ3v) is 5.91. The fourth-order valence-corrected chi connectivity index (χ4v) is 4.22. The molecule has 2 aromatic rings. The molecule has 1 saturated heterocycles. The summed E-state index contributed by atoms with van der Waals surface area (Å²) in [6, 6.07) is 12.2. The average Bonchev–Trinajstić information content (AvgIpc) is 2.82. The van der Waals surface area contributed by atoms with Gasteiger partial charge in [0.15, 0.2) is 11.5 Å². The van der Waals surface area contributed by atoms with Crippen LogP contribution in [0.5, 0.6) is 17.2 Å². The van der Waals surface area contributed by atoms with Gasteiger partial charge in [0.05, 0.1) is 34.5 Å². The van der Waals surface area contributed by atoms with Gasteiger partial charge in [0.25, 0.3) is 0 Å². The lowest BCUT2D eigenvalue weighted by atomic mass is 9.85. The lowest BCUT2D eigenvalue weighted by Crippen LogP contribution is -2.60. The molecule has 1 heterocycles. The molecular formula is C24H30N2O6. The molecule has 2 aromatic carbocycles. The number of esters is 1. The molecule has 3 rings (SSSR count). The second-order valence-corrected chi connectivity index (χ2v) is 7.60. The van der Waals surface area contributed by atoms with Crippen LogP contribution in [-0.4, -0.2) is 57.9 Å². The third-order valence-electron chi connectivity index (χ3n) is 5.91. The molecule has 0 unspecified atom stereocenters. The van der Waals surface area contributed by atoms with E-state index in [4.69, 9.17) is 18.9 Å². The van der Waals surface area contributed by atoms with E-state index in [1.165, 1.54) is 7.11 Å². The summed E-state index contributed by atoms with van der Waals surface area (Å²) in [5.41, 5.74) is 1.78. The van der Waals surface area contributed by atoms with Gasteiger partial charge in [-0.15, -0.1) is 0 Å². The minimum atomic E-state index is -0.542. The molecule has 8 heteroatoms. The monoisotopic (exact) mass is 442 g/mol. The zero-order chi connectivity index (χ0) is 23.3. The second kappa shape index (κ2) is 10.3. The largest absolute Gasteiger partial charge is 0.493 e. The van der Waals surface area contributed by atoms with Crippen molar-refractivity contribution in [2.75, 3.05) is 35.0 Å². The smallest absolute Gasteiger partial charge is 0.318 e. The van der Waals surface area contributed by atoms with Crippen molar-refractivity contribution < 1.29 is 28.5 Å². The van der Waals surface area contributed by atoms with Crippen LogP contribution in [0.2, 0.25) is 0 Å². The number of benzene rings is 2. The molecule has 0 aliphatic carbocycles. The molecule has 2 amide bonds. The first-order valence-corrected chi connectivity index (χ1v) is 10.4. The van der Waals surface area contributed by atoms with Gasteiger partial charge in [-0.1, -0.05) is 30.3 Å². The maximum Gasteiger partial charge on any atom is 0.318 e. The van der Waals surface area contributed by atoms with Crippen molar-refractivity contribution in [1.82, 2.24) is 10.2 Å². The molecule has 1 fully saturated rings. The highest BCUT2D eigenvalue weighted by Crippen LogP contribution is 2.39. The number of ether oxygens (including phenoxy) is 4. The van der Waals surface area contributed by atoms with Gasteiger partial charge < -0.3 is 29.2 Å². The van der Waals surface area contributed by atoms with Crippen molar-refractivity contribution in [3.8, 4) is 17.2 Å². The van der Waals surface area contributed by atoms with E-state index in [1.807, 2.05) is 49.4 Å². The van der Waals surface area contributed by atoms with Crippen LogP contribution in [0.25, 0.3) is 0 Å². The molecule has 8 nitrogen and oxygen atoms in total. The first kappa shape index (κ1) is 23.2. The maximum absolute atomic E-state index is 13.0. The molecule has 172 valence electrons. The van der Waals surface area contributed by atoms with Crippen LogP contribution >= 0.6 is 0 Å². The highest BCUT2D eigenvalue weighted by molar-refractivity contribution is 5.82. The Morgan fingerprint density at radius 2 is 1.62 bits per heavy atom. The number of carbonyl (C=O) groups excluding carboxylic acids is 2. The number of amides is 2. The molecule has 0 bridgehead atoms. The highest BCUT2D eigenvalue weighted by atomic mass is 16.5. The summed E-state index contributed by atoms with van der Waals surface area (Å²) in [6.07, 6.45) is 0.540. The van der Waals surface area contributed by atoms with Crippen molar-refractivity contribution in [3.63, 3.8) is 0 Å². The molecule has 32 heavy (non-hydrogen) atoms. The summed E-state index contributed by atoms with van der Waals surface area (Å²) >= 11 is 0. The Hall–Kier alpha value is -3.42. The number of rotatable bonds is 8. The standard InChI is InChI=1S/C24H30N2O6/c1-15-20(23(27)32-5)21(17-9-7-6-8-10-17)25-24(28)26(15)12-11-16-13-18(29-2)22(31-4)19(14-16)30-3/h6-10,13-15,20-21H,11-12H2,1-5H3,(H,25,28)/t15-,20-,21+/m1/s1. The van der Waals surface area contributed by atoms with Crippen LogP contribution in [0.3, 0.4) is 0 Å². The molecular weight excluding hydrogens is 412 g/mol. The van der Waals surface area contributed by atoms with Crippen LogP contribution in [-0.2, 0) is 16.0 Å². The predicted octanol–water partition coefficient (Wildman–Crippen LogP) is 3.20. The number of hydrogen-bond donors (Lipinski definition) is 1. The van der Waals surface area contributed by atoms with Gasteiger partial charge in [0, 0.05) is 12.6 Å². The summed E-state index contributed by atoms with van der Waals surface area (Å²) in [5.74, 6) is 0.715. The van der Waals surface area contributed by atoms with E-state index in [0.717, 1.165) is 11.1 Å². The normalized spacial score (nSPS) is 20.3. The molecule has 0 aromatic heterocycles. The highest BCUT2D eigenvalue weighted by Gasteiger charge is 2.44. The van der Waals surface area contributed by atoms with Crippen LogP contribution in [0, 0.1) is 5.92 Å². The van der Waals surface area contributed by atoms with Gasteiger partial charge >= 0.3 is 12.0 Å². The van der Waals surface area contributed by atoms with E-state index in [1.54, 1.807) is 26.2 Å². The van der Waals surface area contributed by atoms with Crippen LogP contribution < -0.4 is 19.5 Å². The average molecular weight is 443 g/mol. The van der Waals surface area contributed by atoms with Gasteiger partial charge in [0.2, 0.25) is 5.75 Å². The van der Waals surface area contributed by atoms with E-state index in [9.17, 15) is 9.59 Å². The zero-order valence-corrected chi connectivity index (χ0v) is 19.1. The first-order valence-electron chi connectivity index (χ1n) is 10.4. The summed E-state index contributed by atoms with van der Waals surface area (Å²) in [7, 11) is 6.04. The molecule has 1 aliphatic heterocycles. The SMILES string of the molecule is COC(=O)[C@@H]1[C@@H](C)N(CCc2cc(OC)c(OC)c(OC)c2)C(=O)N[C@H]1c1ccccc1. The third kappa shape index (κ3) is 4.59. The van der Waals surface area contributed by atoms with Crippen LogP contribution in [0.1, 0.15) is 24.1 Å². The Kier molecular flexibility index (Phi) is 7.45. The van der Waals surface area contributed by atoms with E-state index in [2.05, 4.69) is 5.32 Å². The van der Waals surface area contributed by atoms with Crippen molar-refractivity contribution >= 4 is 12.0 Å². The van der Waals surface area contributed by atoms with Gasteiger partial charge in [-0.05, 0) is 36.6 Å². The molecule has 0 spiro atoms. The van der Waals surface area contributed by atoms with Crippen molar-refractivity contribution in [2.24, 2.45) is 5.92 Å². The lowest BCUT2D eigenvalue weighted by Gasteiger charge is -2.43. The Morgan fingerprint density at radius 1 is 1.00 bits per heavy atom. The van der Waals surface area contributed by atoms with E-state index in [-0.39, 0.29) is 18.0 Å². The van der Waals surface area contributed by atoms with E-state index < -0.39 is 12.0 Å². The van der Waals surface area contributed by atoms with Gasteiger partial charge in [-0.2, -0.15) is 0 Å². The molecule has 1 N–H and O–H groups in total. The van der Waals surface area contributed by atoms with E-state index >= 15 is 0 Å². The van der Waals surface area contributed by atoms with Crippen LogP contribution in [0.15, 0.2) is 42.5 Å². The minimum Gasteiger partial charge on any atom is -0.493 e. The molecule has 1 aliphatic rings. The Morgan fingerprint density at radius 3 is 2.16 bits per heavy atom. The number of methoxy groups -OCH3 is 4. The van der Waals surface area contributed by atoms with Crippen molar-refractivity contribution in [3.05, 3.63) is 53.6 Å². The predicted molar refractivity (Wildman–Crippen MR) is 119 cm³/mol. The number of urea groups is 1. The van der Waals surface area contributed by atoms with Gasteiger partial charge in [0.1, 0.15) is 5.92 Å². The lowest BCUT2D eigenvalue weighted by molar-refractivity contribution is -0.149. The Bertz CT molecular complexity index is 924. The zero-order valence-electron chi connectivity index (χ0n) is 19.1. The summed E-state index contributed by atoms with van der Waals surface area (Å²) < 4.78 is 21.3. The topological polar surface area (TPSA) is 86.3 Å². The van der Waals surface area contributed by atoms with Gasteiger partial charge in [-0.3, -0.25) is 4.79 Å². The summed E-state index contributed by atoms with van der Waals surface area (Å²) in [5, 5.41) is 2.99. The number of hydrogen-bond acceptors (Lipinski definition) is 6. The Labute approximate surface area is 188 Å². The fourth-order valence-electron chi connectivity index (χ4n) is 4.22. The number of carbonyl (C=O) groups is 2. The number of nitrogens with one attached hydrogen (secondary N) is 1. The van der Waals surface area contributed by atoms with Crippen molar-refractivity contribution in [2.45, 2.75) is 25.4 Å². The minimum absolute atomic E-state index is 0.223. The summed E-state index contributed by atoms with van der Waals surface area (Å²) in [4.78, 5) is 27.4. The fraction of sp³-hybridized carbons (Fsp3) is 0.417. The second-order valence-electron chi connectivity index (χ2n) is 7.60.